The Kier molecular flexibility index (Phi) is 10.0. The standard InChI is InChI=1S/C19H28N6O3S.HI/c1-2-20-19(21-9-10-22-29(26,27)18-6-4-3-5-7-18)25-13-11-24(12-14-25)16-17-8-15-28-23-17;/h3-8,15,22H,2,9-14,16H2,1H3,(H,20,21);1H. The summed E-state index contributed by atoms with van der Waals surface area (Å²) >= 11 is 0. The normalized spacial score (nSPS) is 15.6. The lowest BCUT2D eigenvalue weighted by molar-refractivity contribution is 0.169. The zero-order valence-electron chi connectivity index (χ0n) is 17.0. The summed E-state index contributed by atoms with van der Waals surface area (Å²) in [5.74, 6) is 0.812. The van der Waals surface area contributed by atoms with Crippen molar-refractivity contribution in [2.75, 3.05) is 45.8 Å². The van der Waals surface area contributed by atoms with Gasteiger partial charge in [-0.3, -0.25) is 9.89 Å². The van der Waals surface area contributed by atoms with Gasteiger partial charge in [-0.15, -0.1) is 24.0 Å². The molecule has 0 spiro atoms. The fourth-order valence-electron chi connectivity index (χ4n) is 3.12. The SMILES string of the molecule is CCNC(=NCCNS(=O)(=O)c1ccccc1)N1CCN(Cc2ccon2)CC1.I. The molecule has 9 nitrogen and oxygen atoms in total. The van der Waals surface area contributed by atoms with Crippen LogP contribution in [0.2, 0.25) is 0 Å². The van der Waals surface area contributed by atoms with Crippen molar-refractivity contribution >= 4 is 40.0 Å². The second kappa shape index (κ2) is 12.2. The van der Waals surface area contributed by atoms with Crippen LogP contribution in [0.4, 0.5) is 0 Å². The number of hydrogen-bond acceptors (Lipinski definition) is 6. The molecule has 2 aromatic rings. The van der Waals surface area contributed by atoms with Crippen molar-refractivity contribution in [3.63, 3.8) is 0 Å². The minimum Gasteiger partial charge on any atom is -0.364 e. The van der Waals surface area contributed by atoms with Gasteiger partial charge in [-0.2, -0.15) is 0 Å². The Hall–Kier alpha value is -1.70. The maximum atomic E-state index is 12.3. The van der Waals surface area contributed by atoms with Gasteiger partial charge in [0, 0.05) is 51.9 Å². The topological polar surface area (TPSA) is 103 Å². The molecule has 0 aliphatic carbocycles. The van der Waals surface area contributed by atoms with E-state index in [2.05, 4.69) is 30.0 Å². The monoisotopic (exact) mass is 548 g/mol. The highest BCUT2D eigenvalue weighted by molar-refractivity contribution is 14.0. The molecular formula is C19H29IN6O3S. The number of guanidine groups is 1. The summed E-state index contributed by atoms with van der Waals surface area (Å²) in [4.78, 5) is 9.38. The molecule has 2 heterocycles. The zero-order chi connectivity index (χ0) is 20.5. The lowest BCUT2D eigenvalue weighted by Crippen LogP contribution is -2.52. The van der Waals surface area contributed by atoms with E-state index in [-0.39, 0.29) is 35.4 Å². The van der Waals surface area contributed by atoms with Gasteiger partial charge >= 0.3 is 0 Å². The average molecular weight is 548 g/mol. The summed E-state index contributed by atoms with van der Waals surface area (Å²) in [7, 11) is -3.50. The van der Waals surface area contributed by atoms with Gasteiger partial charge in [-0.25, -0.2) is 13.1 Å². The van der Waals surface area contributed by atoms with Crippen LogP contribution >= 0.6 is 24.0 Å². The Balaban J connectivity index is 0.00000320. The van der Waals surface area contributed by atoms with Crippen LogP contribution in [0.1, 0.15) is 12.6 Å². The second-order valence-corrected chi connectivity index (χ2v) is 8.47. The van der Waals surface area contributed by atoms with Gasteiger partial charge in [-0.05, 0) is 19.1 Å². The van der Waals surface area contributed by atoms with Crippen LogP contribution in [0.5, 0.6) is 0 Å². The first kappa shape index (κ1) is 24.6. The van der Waals surface area contributed by atoms with Crippen LogP contribution in [0.25, 0.3) is 0 Å². The number of hydrogen-bond donors (Lipinski definition) is 2. The van der Waals surface area contributed by atoms with E-state index in [0.717, 1.165) is 50.9 Å². The summed E-state index contributed by atoms with van der Waals surface area (Å²) in [5.41, 5.74) is 0.935. The molecular weight excluding hydrogens is 519 g/mol. The Morgan fingerprint density at radius 2 is 1.90 bits per heavy atom. The van der Waals surface area contributed by atoms with Crippen LogP contribution in [0.15, 0.2) is 57.1 Å². The number of benzene rings is 1. The Morgan fingerprint density at radius 3 is 2.53 bits per heavy atom. The minimum atomic E-state index is -3.50. The Labute approximate surface area is 195 Å². The molecule has 30 heavy (non-hydrogen) atoms. The van der Waals surface area contributed by atoms with E-state index in [1.54, 1.807) is 36.6 Å². The molecule has 2 N–H and O–H groups in total. The van der Waals surface area contributed by atoms with E-state index >= 15 is 0 Å². The quantitative estimate of drug-likeness (QED) is 0.222. The lowest BCUT2D eigenvalue weighted by Gasteiger charge is -2.36. The van der Waals surface area contributed by atoms with Gasteiger partial charge in [0.15, 0.2) is 5.96 Å². The van der Waals surface area contributed by atoms with Crippen LogP contribution in [-0.4, -0.2) is 75.1 Å². The maximum Gasteiger partial charge on any atom is 0.240 e. The first-order valence-electron chi connectivity index (χ1n) is 9.78. The first-order valence-corrected chi connectivity index (χ1v) is 11.3. The van der Waals surface area contributed by atoms with Crippen LogP contribution in [0, 0.1) is 0 Å². The number of rotatable bonds is 8. The minimum absolute atomic E-state index is 0. The molecule has 0 atom stereocenters. The number of sulfonamides is 1. The molecule has 1 aromatic carbocycles. The molecule has 1 aromatic heterocycles. The van der Waals surface area contributed by atoms with Crippen molar-refractivity contribution < 1.29 is 12.9 Å². The van der Waals surface area contributed by atoms with Gasteiger partial charge in [0.25, 0.3) is 0 Å². The van der Waals surface area contributed by atoms with Gasteiger partial charge in [0.1, 0.15) is 6.26 Å². The Bertz CT molecular complexity index is 869. The number of aliphatic imine (C=N–C) groups is 1. The summed E-state index contributed by atoms with van der Waals surface area (Å²) in [6, 6.07) is 10.2. The fraction of sp³-hybridized carbons (Fsp3) is 0.474. The third-order valence-corrected chi connectivity index (χ3v) is 6.08. The molecule has 0 amide bonds. The third-order valence-electron chi connectivity index (χ3n) is 4.60. The molecule has 1 saturated heterocycles. The van der Waals surface area contributed by atoms with Crippen molar-refractivity contribution in [3.05, 3.63) is 48.4 Å². The van der Waals surface area contributed by atoms with Gasteiger partial charge in [0.2, 0.25) is 10.0 Å². The van der Waals surface area contributed by atoms with E-state index in [4.69, 9.17) is 4.52 Å². The van der Waals surface area contributed by atoms with Crippen LogP contribution < -0.4 is 10.0 Å². The van der Waals surface area contributed by atoms with Gasteiger partial charge in [-0.1, -0.05) is 23.4 Å². The average Bonchev–Trinajstić information content (AvgIpc) is 3.25. The van der Waals surface area contributed by atoms with E-state index in [1.165, 1.54) is 0 Å². The van der Waals surface area contributed by atoms with Gasteiger partial charge < -0.3 is 14.7 Å². The summed E-state index contributed by atoms with van der Waals surface area (Å²) in [5, 5.41) is 7.26. The van der Waals surface area contributed by atoms with Crippen molar-refractivity contribution in [2.24, 2.45) is 4.99 Å². The highest BCUT2D eigenvalue weighted by Crippen LogP contribution is 2.08. The molecule has 11 heteroatoms. The van der Waals surface area contributed by atoms with E-state index in [9.17, 15) is 8.42 Å². The molecule has 1 fully saturated rings. The molecule has 0 unspecified atom stereocenters. The van der Waals surface area contributed by atoms with Crippen molar-refractivity contribution in [3.8, 4) is 0 Å². The van der Waals surface area contributed by atoms with Gasteiger partial charge in [0.05, 0.1) is 17.1 Å². The summed E-state index contributed by atoms with van der Waals surface area (Å²) < 4.78 is 32.0. The highest BCUT2D eigenvalue weighted by atomic mass is 127. The molecule has 166 valence electrons. The zero-order valence-corrected chi connectivity index (χ0v) is 20.2. The van der Waals surface area contributed by atoms with Crippen molar-refractivity contribution in [1.82, 2.24) is 25.0 Å². The van der Waals surface area contributed by atoms with E-state index < -0.39 is 10.0 Å². The molecule has 0 radical (unpaired) electrons. The van der Waals surface area contributed by atoms with Crippen molar-refractivity contribution in [2.45, 2.75) is 18.4 Å². The first-order chi connectivity index (χ1) is 14.1. The van der Waals surface area contributed by atoms with E-state index in [0.29, 0.717) is 6.54 Å². The molecule has 3 rings (SSSR count). The maximum absolute atomic E-state index is 12.3. The number of aromatic nitrogens is 1. The lowest BCUT2D eigenvalue weighted by atomic mass is 10.3. The predicted molar refractivity (Wildman–Crippen MR) is 126 cm³/mol. The number of nitrogens with one attached hydrogen (secondary N) is 2. The predicted octanol–water partition coefficient (Wildman–Crippen LogP) is 1.35. The largest absolute Gasteiger partial charge is 0.364 e. The molecule has 0 saturated carbocycles. The number of nitrogens with zero attached hydrogens (tertiary/aromatic N) is 4. The summed E-state index contributed by atoms with van der Waals surface area (Å²) in [6.45, 7) is 7.67. The third kappa shape index (κ3) is 7.22. The van der Waals surface area contributed by atoms with Crippen LogP contribution in [0.3, 0.4) is 0 Å². The second-order valence-electron chi connectivity index (χ2n) is 6.70. The number of piperazine rings is 1. The van der Waals surface area contributed by atoms with Crippen LogP contribution in [-0.2, 0) is 16.6 Å². The smallest absolute Gasteiger partial charge is 0.240 e. The Morgan fingerprint density at radius 1 is 1.17 bits per heavy atom. The van der Waals surface area contributed by atoms with E-state index in [1.807, 2.05) is 13.0 Å². The molecule has 1 aliphatic rings. The molecule has 1 aliphatic heterocycles. The summed E-state index contributed by atoms with van der Waals surface area (Å²) in [6.07, 6.45) is 1.59. The molecule has 0 bridgehead atoms. The number of halogens is 1. The fourth-order valence-corrected chi connectivity index (χ4v) is 4.16. The van der Waals surface area contributed by atoms with Crippen molar-refractivity contribution in [1.29, 1.82) is 0 Å². The highest BCUT2D eigenvalue weighted by Gasteiger charge is 2.20.